The number of amidine groups is 1. The van der Waals surface area contributed by atoms with Crippen LogP contribution >= 0.6 is 0 Å². The van der Waals surface area contributed by atoms with Crippen LogP contribution in [0.3, 0.4) is 0 Å². The maximum atomic E-state index is 12.3. The lowest BCUT2D eigenvalue weighted by atomic mass is 9.95. The van der Waals surface area contributed by atoms with Gasteiger partial charge in [0, 0.05) is 0 Å². The molecule has 0 atom stereocenters. The average molecular weight is 324 g/mol. The summed E-state index contributed by atoms with van der Waals surface area (Å²) < 4.78 is 5.85. The minimum absolute atomic E-state index is 0.0152. The summed E-state index contributed by atoms with van der Waals surface area (Å²) in [7, 11) is 0. The van der Waals surface area contributed by atoms with E-state index < -0.39 is 5.41 Å². The first-order valence-corrected chi connectivity index (χ1v) is 9.15. The second-order valence-electron chi connectivity index (χ2n) is 7.93. The zero-order valence-electron chi connectivity index (χ0n) is 14.9. The molecule has 5 nitrogen and oxygen atoms in total. The number of carbonyl (C=O) groups excluding carboxylic acids is 1. The Kier molecular flexibility index (Phi) is 6.31. The summed E-state index contributed by atoms with van der Waals surface area (Å²) in [6, 6.07) is 0.0903. The summed E-state index contributed by atoms with van der Waals surface area (Å²) in [5, 5.41) is 9.80. The lowest BCUT2D eigenvalue weighted by molar-refractivity contribution is -0.197. The van der Waals surface area contributed by atoms with Crippen LogP contribution in [-0.4, -0.2) is 29.2 Å². The molecule has 2 saturated carbocycles. The van der Waals surface area contributed by atoms with Crippen LogP contribution in [0.5, 0.6) is 0 Å². The van der Waals surface area contributed by atoms with Crippen molar-refractivity contribution >= 4 is 12.0 Å². The third-order valence-electron chi connectivity index (χ3n) is 4.73. The van der Waals surface area contributed by atoms with Gasteiger partial charge in [-0.15, -0.1) is 0 Å². The molecule has 0 heterocycles. The van der Waals surface area contributed by atoms with Crippen molar-refractivity contribution in [1.29, 1.82) is 5.41 Å². The van der Waals surface area contributed by atoms with Crippen molar-refractivity contribution in [1.82, 2.24) is 5.06 Å². The van der Waals surface area contributed by atoms with Gasteiger partial charge in [0.15, 0.2) is 0 Å². The van der Waals surface area contributed by atoms with Gasteiger partial charge in [0.25, 0.3) is 0 Å². The first-order valence-electron chi connectivity index (χ1n) is 9.15. The molecule has 0 bridgehead atoms. The zero-order valence-corrected chi connectivity index (χ0v) is 14.9. The predicted octanol–water partition coefficient (Wildman–Crippen LogP) is 4.41. The zero-order chi connectivity index (χ0) is 16.9. The number of carbonyl (C=O) groups is 1. The Morgan fingerprint density at radius 2 is 1.48 bits per heavy atom. The van der Waals surface area contributed by atoms with Crippen molar-refractivity contribution in [3.8, 4) is 0 Å². The second-order valence-corrected chi connectivity index (χ2v) is 7.93. The number of rotatable bonds is 2. The van der Waals surface area contributed by atoms with E-state index in [0.29, 0.717) is 0 Å². The van der Waals surface area contributed by atoms with Gasteiger partial charge < -0.3 is 9.57 Å². The van der Waals surface area contributed by atoms with Crippen molar-refractivity contribution in [2.24, 2.45) is 5.41 Å². The maximum Gasteiger partial charge on any atom is 0.337 e. The smallest absolute Gasteiger partial charge is 0.337 e. The lowest BCUT2D eigenvalue weighted by Crippen LogP contribution is -2.46. The number of hydroxylamine groups is 2. The van der Waals surface area contributed by atoms with Gasteiger partial charge in [-0.25, -0.2) is 10.2 Å². The van der Waals surface area contributed by atoms with Crippen molar-refractivity contribution in [3.05, 3.63) is 0 Å². The van der Waals surface area contributed by atoms with Crippen LogP contribution in [0, 0.1) is 10.8 Å². The van der Waals surface area contributed by atoms with E-state index in [4.69, 9.17) is 15.0 Å². The van der Waals surface area contributed by atoms with E-state index in [-0.39, 0.29) is 24.1 Å². The molecule has 0 amide bonds. The Morgan fingerprint density at radius 1 is 0.957 bits per heavy atom. The van der Waals surface area contributed by atoms with Crippen molar-refractivity contribution in [2.75, 3.05) is 0 Å². The maximum absolute atomic E-state index is 12.3. The Hall–Kier alpha value is -1.26. The molecular formula is C18H32N2O3. The van der Waals surface area contributed by atoms with Crippen LogP contribution < -0.4 is 0 Å². The van der Waals surface area contributed by atoms with Gasteiger partial charge in [-0.3, -0.25) is 0 Å². The molecule has 2 rings (SSSR count). The molecule has 5 heteroatoms. The normalized spacial score (nSPS) is 20.8. The largest absolute Gasteiger partial charge is 0.460 e. The van der Waals surface area contributed by atoms with E-state index in [1.165, 1.54) is 17.9 Å². The predicted molar refractivity (Wildman–Crippen MR) is 89.9 cm³/mol. The molecule has 132 valence electrons. The third kappa shape index (κ3) is 5.40. The number of hydrogen-bond acceptors (Lipinski definition) is 4. The van der Waals surface area contributed by atoms with Gasteiger partial charge in [0.1, 0.15) is 6.10 Å². The molecule has 0 aromatic rings. The highest BCUT2D eigenvalue weighted by Crippen LogP contribution is 2.27. The Morgan fingerprint density at radius 3 is 2.00 bits per heavy atom. The second kappa shape index (κ2) is 8.02. The van der Waals surface area contributed by atoms with Gasteiger partial charge in [0.05, 0.1) is 11.5 Å². The first kappa shape index (κ1) is 18.1. The third-order valence-corrected chi connectivity index (χ3v) is 4.73. The van der Waals surface area contributed by atoms with E-state index in [0.717, 1.165) is 51.4 Å². The fraction of sp³-hybridized carbons (Fsp3) is 0.889. The van der Waals surface area contributed by atoms with Gasteiger partial charge >= 0.3 is 12.0 Å². The van der Waals surface area contributed by atoms with Crippen LogP contribution in [0.2, 0.25) is 0 Å². The molecule has 1 N–H and O–H groups in total. The van der Waals surface area contributed by atoms with Gasteiger partial charge in [0.2, 0.25) is 0 Å². The standard InChI is InChI=1S/C18H32N2O3/c1-18(2,3)16(21)23-20(14-10-6-4-7-11-14)17(19)22-15-12-8-5-9-13-15/h14-15,19H,4-13H2,1-3H3. The van der Waals surface area contributed by atoms with E-state index in [1.807, 2.05) is 20.8 Å². The van der Waals surface area contributed by atoms with Crippen LogP contribution in [0.15, 0.2) is 0 Å². The first-order chi connectivity index (χ1) is 10.9. The summed E-state index contributed by atoms with van der Waals surface area (Å²) >= 11 is 0. The summed E-state index contributed by atoms with van der Waals surface area (Å²) in [6.45, 7) is 5.50. The van der Waals surface area contributed by atoms with Crippen molar-refractivity contribution < 1.29 is 14.4 Å². The molecule has 0 spiro atoms. The van der Waals surface area contributed by atoms with Gasteiger partial charge in [-0.2, -0.15) is 5.06 Å². The van der Waals surface area contributed by atoms with Crippen molar-refractivity contribution in [3.63, 3.8) is 0 Å². The summed E-state index contributed by atoms with van der Waals surface area (Å²) in [5.41, 5.74) is -0.585. The monoisotopic (exact) mass is 324 g/mol. The molecule has 0 unspecified atom stereocenters. The fourth-order valence-corrected chi connectivity index (χ4v) is 3.22. The van der Waals surface area contributed by atoms with E-state index >= 15 is 0 Å². The van der Waals surface area contributed by atoms with Crippen LogP contribution in [0.1, 0.15) is 85.0 Å². The Balaban J connectivity index is 2.01. The van der Waals surface area contributed by atoms with E-state index in [2.05, 4.69) is 0 Å². The fourth-order valence-electron chi connectivity index (χ4n) is 3.22. The molecule has 0 aromatic heterocycles. The van der Waals surface area contributed by atoms with Crippen molar-refractivity contribution in [2.45, 2.75) is 97.1 Å². The highest BCUT2D eigenvalue weighted by atomic mass is 16.7. The molecule has 23 heavy (non-hydrogen) atoms. The van der Waals surface area contributed by atoms with Gasteiger partial charge in [-0.05, 0) is 59.3 Å². The number of hydrogen-bond donors (Lipinski definition) is 1. The van der Waals surface area contributed by atoms with Crippen LogP contribution in [0.25, 0.3) is 0 Å². The Labute approximate surface area is 140 Å². The topological polar surface area (TPSA) is 62.6 Å². The molecule has 0 aromatic carbocycles. The molecule has 0 radical (unpaired) electrons. The Bertz CT molecular complexity index is 405. The van der Waals surface area contributed by atoms with Gasteiger partial charge in [-0.1, -0.05) is 25.7 Å². The average Bonchev–Trinajstić information content (AvgIpc) is 2.53. The summed E-state index contributed by atoms with van der Waals surface area (Å²) in [4.78, 5) is 17.9. The van der Waals surface area contributed by atoms with Crippen LogP contribution in [-0.2, 0) is 14.4 Å². The number of nitrogens with zero attached hydrogens (tertiary/aromatic N) is 1. The minimum atomic E-state index is -0.585. The minimum Gasteiger partial charge on any atom is -0.460 e. The highest BCUT2D eigenvalue weighted by molar-refractivity contribution is 5.78. The molecule has 2 aliphatic carbocycles. The van der Waals surface area contributed by atoms with E-state index in [1.54, 1.807) is 0 Å². The molecule has 0 aliphatic heterocycles. The van der Waals surface area contributed by atoms with Crippen LogP contribution in [0.4, 0.5) is 0 Å². The lowest BCUT2D eigenvalue weighted by Gasteiger charge is -2.36. The SMILES string of the molecule is CC(C)(C)C(=O)ON(C(=N)OC1CCCCC1)C1CCCCC1. The summed E-state index contributed by atoms with van der Waals surface area (Å²) in [6.07, 6.45) is 11.0. The molecule has 2 fully saturated rings. The molecule has 2 aliphatic rings. The number of ether oxygens (including phenoxy) is 1. The van der Waals surface area contributed by atoms with E-state index in [9.17, 15) is 4.79 Å². The quantitative estimate of drug-likeness (QED) is 0.464. The molecule has 0 saturated heterocycles. The number of nitrogens with one attached hydrogen (secondary N) is 1. The molecular weight excluding hydrogens is 292 g/mol. The highest BCUT2D eigenvalue weighted by Gasteiger charge is 2.33. The summed E-state index contributed by atoms with van der Waals surface area (Å²) in [5.74, 6) is -0.305.